The lowest BCUT2D eigenvalue weighted by molar-refractivity contribution is -0.143. The molecule has 2 aliphatic carbocycles. The fourth-order valence-corrected chi connectivity index (χ4v) is 8.46. The Morgan fingerprint density at radius 2 is 1.46 bits per heavy atom. The largest absolute Gasteiger partial charge is 0.465 e. The number of carbonyl (C=O) groups is 1. The maximum atomic E-state index is 13.8. The van der Waals surface area contributed by atoms with Crippen LogP contribution in [0.5, 0.6) is 0 Å². The molecule has 214 valence electrons. The highest BCUT2D eigenvalue weighted by molar-refractivity contribution is 5.80. The second kappa shape index (κ2) is 12.4. The summed E-state index contributed by atoms with van der Waals surface area (Å²) >= 11 is 0. The molecule has 3 heterocycles. The molecule has 39 heavy (non-hydrogen) atoms. The first-order valence-electron chi connectivity index (χ1n) is 15.7. The number of ether oxygens (including phenoxy) is 1. The quantitative estimate of drug-likeness (QED) is 0.460. The number of hydrogen-bond donors (Lipinski definition) is 0. The van der Waals surface area contributed by atoms with E-state index >= 15 is 0 Å². The molecule has 4 fully saturated rings. The molecule has 1 aromatic heterocycles. The van der Waals surface area contributed by atoms with E-state index in [9.17, 15) is 14.4 Å². The van der Waals surface area contributed by atoms with Crippen molar-refractivity contribution in [3.63, 3.8) is 0 Å². The fourth-order valence-electron chi connectivity index (χ4n) is 8.46. The van der Waals surface area contributed by atoms with Gasteiger partial charge in [-0.3, -0.25) is 23.6 Å². The van der Waals surface area contributed by atoms with Crippen molar-refractivity contribution in [3.05, 3.63) is 45.1 Å². The summed E-state index contributed by atoms with van der Waals surface area (Å²) in [6.07, 6.45) is 14.9. The zero-order valence-electron chi connectivity index (χ0n) is 24.1. The number of nitrogens with zero attached hydrogens (tertiary/aromatic N) is 3. The van der Waals surface area contributed by atoms with Crippen LogP contribution in [-0.2, 0) is 16.1 Å². The Bertz CT molecular complexity index is 1240. The Labute approximate surface area is 232 Å². The Morgan fingerprint density at radius 3 is 2.10 bits per heavy atom. The van der Waals surface area contributed by atoms with E-state index in [1.54, 1.807) is 25.1 Å². The summed E-state index contributed by atoms with van der Waals surface area (Å²) in [5, 5.41) is 0.496. The molecule has 4 atom stereocenters. The molecule has 2 saturated carbocycles. The van der Waals surface area contributed by atoms with E-state index in [1.165, 1.54) is 60.5 Å². The van der Waals surface area contributed by atoms with E-state index in [0.29, 0.717) is 29.0 Å². The van der Waals surface area contributed by atoms with Crippen molar-refractivity contribution >= 4 is 16.9 Å². The third-order valence-corrected chi connectivity index (χ3v) is 9.82. The monoisotopic (exact) mass is 537 g/mol. The Hall–Kier alpha value is -2.41. The van der Waals surface area contributed by atoms with E-state index in [2.05, 4.69) is 4.90 Å². The third-order valence-electron chi connectivity index (χ3n) is 9.82. The highest BCUT2D eigenvalue weighted by Gasteiger charge is 2.45. The van der Waals surface area contributed by atoms with Crippen molar-refractivity contribution < 1.29 is 9.53 Å². The molecule has 7 heteroatoms. The van der Waals surface area contributed by atoms with Gasteiger partial charge in [-0.2, -0.15) is 0 Å². The number of esters is 1. The Balaban J connectivity index is 0.00000151. The minimum Gasteiger partial charge on any atom is -0.465 e. The molecule has 0 N–H and O–H groups in total. The summed E-state index contributed by atoms with van der Waals surface area (Å²) in [5.74, 6) is 1.30. The van der Waals surface area contributed by atoms with E-state index < -0.39 is 5.97 Å². The maximum absolute atomic E-state index is 13.8. The van der Waals surface area contributed by atoms with Crippen LogP contribution in [0.1, 0.15) is 104 Å². The SMILES string of the molecule is CC.CCOC(=O)Cn1c(=O)n(C2CC3CCCC(C2)N3C2CC3CCCCC(C3)C2)c(=O)c2ccccc21. The predicted molar refractivity (Wildman–Crippen MR) is 155 cm³/mol. The zero-order valence-corrected chi connectivity index (χ0v) is 24.1. The van der Waals surface area contributed by atoms with Gasteiger partial charge in [-0.15, -0.1) is 0 Å². The lowest BCUT2D eigenvalue weighted by Gasteiger charge is -2.54. The number of fused-ring (bicyclic) bond motifs is 5. The molecule has 4 unspecified atom stereocenters. The minimum atomic E-state index is -0.453. The summed E-state index contributed by atoms with van der Waals surface area (Å²) in [4.78, 5) is 42.8. The molecule has 2 aliphatic heterocycles. The number of piperidine rings is 2. The first kappa shape index (κ1) is 28.1. The van der Waals surface area contributed by atoms with Crippen LogP contribution in [-0.4, -0.2) is 44.7 Å². The standard InChI is InChI=1S/C30H41N3O4.C2H6/c1-2-37-28(34)19-31-27-13-6-5-12-26(27)29(35)33(30(31)36)25-17-22-10-7-11-23(18-25)32(22)24-15-20-8-3-4-9-21(14-20)16-24;1-2/h5-6,12-13,20-25H,2-4,7-11,14-19H2,1H3;1-2H3. The first-order chi connectivity index (χ1) is 19.0. The van der Waals surface area contributed by atoms with Gasteiger partial charge in [0.25, 0.3) is 5.56 Å². The molecule has 7 nitrogen and oxygen atoms in total. The van der Waals surface area contributed by atoms with Gasteiger partial charge in [0.05, 0.1) is 17.5 Å². The van der Waals surface area contributed by atoms with Gasteiger partial charge in [0.1, 0.15) is 6.54 Å². The molecule has 2 saturated heterocycles. The summed E-state index contributed by atoms with van der Waals surface area (Å²) in [7, 11) is 0. The van der Waals surface area contributed by atoms with Crippen LogP contribution >= 0.6 is 0 Å². The van der Waals surface area contributed by atoms with Crippen LogP contribution < -0.4 is 11.2 Å². The first-order valence-corrected chi connectivity index (χ1v) is 15.7. The highest BCUT2D eigenvalue weighted by Crippen LogP contribution is 2.46. The van der Waals surface area contributed by atoms with Crippen LogP contribution in [0.3, 0.4) is 0 Å². The van der Waals surface area contributed by atoms with Crippen LogP contribution in [0.15, 0.2) is 33.9 Å². The number of rotatable bonds is 5. The third kappa shape index (κ3) is 5.61. The summed E-state index contributed by atoms with van der Waals surface area (Å²) in [6.45, 7) is 5.84. The summed E-state index contributed by atoms with van der Waals surface area (Å²) < 4.78 is 8.09. The zero-order chi connectivity index (χ0) is 27.5. The Kier molecular flexibility index (Phi) is 8.95. The van der Waals surface area contributed by atoms with Gasteiger partial charge in [-0.05, 0) is 75.8 Å². The van der Waals surface area contributed by atoms with Crippen molar-refractivity contribution in [3.8, 4) is 0 Å². The number of carbonyl (C=O) groups excluding carboxylic acids is 1. The lowest BCUT2D eigenvalue weighted by Crippen LogP contribution is -2.59. The number of para-hydroxylation sites is 1. The van der Waals surface area contributed by atoms with Crippen molar-refractivity contribution in [1.82, 2.24) is 14.0 Å². The summed E-state index contributed by atoms with van der Waals surface area (Å²) in [6, 6.07) is 8.54. The Morgan fingerprint density at radius 1 is 0.821 bits per heavy atom. The van der Waals surface area contributed by atoms with Gasteiger partial charge in [-0.25, -0.2) is 4.79 Å². The summed E-state index contributed by atoms with van der Waals surface area (Å²) in [5.41, 5.74) is -0.0953. The molecule has 2 aromatic rings. The average molecular weight is 538 g/mol. The molecular formula is C32H47N3O4. The molecule has 0 spiro atoms. The normalized spacial score (nSPS) is 30.6. The van der Waals surface area contributed by atoms with Crippen molar-refractivity contribution in [2.75, 3.05) is 6.61 Å². The smallest absolute Gasteiger partial charge is 0.332 e. The number of aromatic nitrogens is 2. The van der Waals surface area contributed by atoms with E-state index in [4.69, 9.17) is 4.74 Å². The van der Waals surface area contributed by atoms with Crippen molar-refractivity contribution in [1.29, 1.82) is 0 Å². The molecule has 0 radical (unpaired) electrons. The average Bonchev–Trinajstić information content (AvgIpc) is 3.11. The molecule has 0 amide bonds. The predicted octanol–water partition coefficient (Wildman–Crippen LogP) is 5.67. The van der Waals surface area contributed by atoms with E-state index in [0.717, 1.165) is 37.5 Å². The van der Waals surface area contributed by atoms with Gasteiger partial charge in [0.2, 0.25) is 0 Å². The van der Waals surface area contributed by atoms with Crippen LogP contribution in [0.25, 0.3) is 10.9 Å². The highest BCUT2D eigenvalue weighted by atomic mass is 16.5. The maximum Gasteiger partial charge on any atom is 0.332 e. The van der Waals surface area contributed by atoms with E-state index in [-0.39, 0.29) is 30.4 Å². The van der Waals surface area contributed by atoms with Gasteiger partial charge in [-0.1, -0.05) is 58.1 Å². The molecule has 4 aliphatic rings. The topological polar surface area (TPSA) is 73.5 Å². The second-order valence-corrected chi connectivity index (χ2v) is 12.1. The molecular weight excluding hydrogens is 490 g/mol. The molecule has 4 bridgehead atoms. The number of benzene rings is 1. The van der Waals surface area contributed by atoms with Crippen LogP contribution in [0.2, 0.25) is 0 Å². The fraction of sp³-hybridized carbons (Fsp3) is 0.719. The lowest BCUT2D eigenvalue weighted by atomic mass is 9.73. The van der Waals surface area contributed by atoms with Gasteiger partial charge in [0.15, 0.2) is 0 Å². The van der Waals surface area contributed by atoms with Gasteiger partial charge >= 0.3 is 11.7 Å². The van der Waals surface area contributed by atoms with Crippen LogP contribution in [0.4, 0.5) is 0 Å². The van der Waals surface area contributed by atoms with Crippen molar-refractivity contribution in [2.24, 2.45) is 11.8 Å². The molecule has 6 rings (SSSR count). The van der Waals surface area contributed by atoms with Gasteiger partial charge in [0, 0.05) is 24.2 Å². The van der Waals surface area contributed by atoms with E-state index in [1.807, 2.05) is 19.9 Å². The van der Waals surface area contributed by atoms with Gasteiger partial charge < -0.3 is 4.74 Å². The number of hydrogen-bond acceptors (Lipinski definition) is 5. The van der Waals surface area contributed by atoms with Crippen LogP contribution in [0, 0.1) is 11.8 Å². The van der Waals surface area contributed by atoms with Crippen molar-refractivity contribution in [2.45, 2.75) is 129 Å². The second-order valence-electron chi connectivity index (χ2n) is 12.1. The molecule has 1 aromatic carbocycles. The minimum absolute atomic E-state index is 0.129.